The summed E-state index contributed by atoms with van der Waals surface area (Å²) in [6.45, 7) is 7.37. The molecule has 5 nitrogen and oxygen atoms in total. The molecule has 0 unspecified atom stereocenters. The van der Waals surface area contributed by atoms with Gasteiger partial charge in [-0.15, -0.1) is 0 Å². The van der Waals surface area contributed by atoms with Crippen molar-refractivity contribution >= 4 is 11.6 Å². The summed E-state index contributed by atoms with van der Waals surface area (Å²) in [6, 6.07) is 16.4. The van der Waals surface area contributed by atoms with Gasteiger partial charge in [0.15, 0.2) is 0 Å². The molecule has 2 aliphatic rings. The van der Waals surface area contributed by atoms with Gasteiger partial charge in [0.25, 0.3) is 0 Å². The lowest BCUT2D eigenvalue weighted by molar-refractivity contribution is -0.159. The second-order valence-corrected chi connectivity index (χ2v) is 8.65. The highest BCUT2D eigenvalue weighted by atomic mass is 16.6. The molecule has 2 atom stereocenters. The van der Waals surface area contributed by atoms with Crippen molar-refractivity contribution in [1.29, 1.82) is 0 Å². The third-order valence-corrected chi connectivity index (χ3v) is 6.32. The Morgan fingerprint density at radius 3 is 2.80 bits per heavy atom. The number of aryl methyl sites for hydroxylation is 2. The predicted molar refractivity (Wildman–Crippen MR) is 119 cm³/mol. The Balaban J connectivity index is 1.38. The number of likely N-dealkylation sites (tertiary alicyclic amines) is 1. The fourth-order valence-electron chi connectivity index (χ4n) is 4.55. The molecule has 1 amide bonds. The van der Waals surface area contributed by atoms with Gasteiger partial charge in [0.2, 0.25) is 5.91 Å². The zero-order chi connectivity index (χ0) is 21.0. The van der Waals surface area contributed by atoms with E-state index in [1.807, 2.05) is 44.2 Å². The number of nitrogens with one attached hydrogen (secondary N) is 1. The van der Waals surface area contributed by atoms with Crippen molar-refractivity contribution in [1.82, 2.24) is 4.90 Å². The first-order valence-corrected chi connectivity index (χ1v) is 10.9. The molecular weight excluding hydrogens is 376 g/mol. The molecule has 0 radical (unpaired) electrons. The number of carbonyl (C=O) groups excluding carboxylic acids is 1. The van der Waals surface area contributed by atoms with Gasteiger partial charge in [-0.25, -0.2) is 0 Å². The van der Waals surface area contributed by atoms with E-state index in [0.29, 0.717) is 19.7 Å². The summed E-state index contributed by atoms with van der Waals surface area (Å²) in [4.78, 5) is 14.9. The average molecular weight is 409 g/mol. The van der Waals surface area contributed by atoms with E-state index in [1.54, 1.807) is 0 Å². The highest BCUT2D eigenvalue weighted by Crippen LogP contribution is 2.38. The van der Waals surface area contributed by atoms with Crippen LogP contribution in [0.15, 0.2) is 48.5 Å². The first kappa shape index (κ1) is 21.0. The molecule has 0 saturated carbocycles. The maximum Gasteiger partial charge on any atom is 0.238 e. The Labute approximate surface area is 179 Å². The number of carbonyl (C=O) groups is 1. The first-order chi connectivity index (χ1) is 14.5. The minimum Gasteiger partial charge on any atom is -0.372 e. The Kier molecular flexibility index (Phi) is 6.52. The second kappa shape index (κ2) is 9.29. The van der Waals surface area contributed by atoms with Crippen LogP contribution in [-0.2, 0) is 20.9 Å². The molecule has 2 fully saturated rings. The lowest BCUT2D eigenvalue weighted by atomic mass is 9.85. The SMILES string of the molecule is Cc1ccc(C)c(NC(=O)CN2CC[C@@]3(CCCO3)[C@@H](OCc3ccccc3)C2)c1. The van der Waals surface area contributed by atoms with Crippen LogP contribution in [0.3, 0.4) is 0 Å². The number of nitrogens with zero attached hydrogens (tertiary/aromatic N) is 1. The normalized spacial score (nSPS) is 24.3. The van der Waals surface area contributed by atoms with Crippen molar-refractivity contribution in [3.05, 3.63) is 65.2 Å². The smallest absolute Gasteiger partial charge is 0.238 e. The molecule has 0 aliphatic carbocycles. The zero-order valence-electron chi connectivity index (χ0n) is 18.0. The van der Waals surface area contributed by atoms with Gasteiger partial charge >= 0.3 is 0 Å². The van der Waals surface area contributed by atoms with Gasteiger partial charge in [-0.05, 0) is 55.9 Å². The van der Waals surface area contributed by atoms with E-state index in [0.717, 1.165) is 54.8 Å². The van der Waals surface area contributed by atoms with Crippen LogP contribution in [0, 0.1) is 13.8 Å². The van der Waals surface area contributed by atoms with E-state index in [2.05, 4.69) is 28.4 Å². The minimum absolute atomic E-state index is 0.0220. The van der Waals surface area contributed by atoms with Crippen molar-refractivity contribution in [2.75, 3.05) is 31.6 Å². The lowest BCUT2D eigenvalue weighted by Gasteiger charge is -2.44. The summed E-state index contributed by atoms with van der Waals surface area (Å²) >= 11 is 0. The molecule has 2 aromatic carbocycles. The highest BCUT2D eigenvalue weighted by molar-refractivity contribution is 5.93. The highest BCUT2D eigenvalue weighted by Gasteiger charge is 2.47. The fraction of sp³-hybridized carbons (Fsp3) is 0.480. The fourth-order valence-corrected chi connectivity index (χ4v) is 4.55. The van der Waals surface area contributed by atoms with Crippen molar-refractivity contribution in [3.63, 3.8) is 0 Å². The van der Waals surface area contributed by atoms with Gasteiger partial charge in [0.1, 0.15) is 0 Å². The Bertz CT molecular complexity index is 862. The van der Waals surface area contributed by atoms with E-state index >= 15 is 0 Å². The lowest BCUT2D eigenvalue weighted by Crippen LogP contribution is -2.57. The number of benzene rings is 2. The molecular formula is C25H32N2O3. The number of piperidine rings is 1. The van der Waals surface area contributed by atoms with Gasteiger partial charge < -0.3 is 14.8 Å². The van der Waals surface area contributed by atoms with Crippen LogP contribution in [0.5, 0.6) is 0 Å². The van der Waals surface area contributed by atoms with Gasteiger partial charge in [-0.1, -0.05) is 42.5 Å². The van der Waals surface area contributed by atoms with Crippen molar-refractivity contribution in [3.8, 4) is 0 Å². The van der Waals surface area contributed by atoms with Gasteiger partial charge in [0.05, 0.1) is 24.9 Å². The maximum absolute atomic E-state index is 12.7. The van der Waals surface area contributed by atoms with E-state index in [9.17, 15) is 4.79 Å². The topological polar surface area (TPSA) is 50.8 Å². The van der Waals surface area contributed by atoms with Crippen LogP contribution in [0.4, 0.5) is 5.69 Å². The maximum atomic E-state index is 12.7. The van der Waals surface area contributed by atoms with E-state index < -0.39 is 0 Å². The molecule has 1 N–H and O–H groups in total. The van der Waals surface area contributed by atoms with E-state index in [4.69, 9.17) is 9.47 Å². The molecule has 2 aliphatic heterocycles. The molecule has 0 aromatic heterocycles. The van der Waals surface area contributed by atoms with Crippen molar-refractivity contribution in [2.45, 2.75) is 51.4 Å². The second-order valence-electron chi connectivity index (χ2n) is 8.65. The molecule has 1 spiro atoms. The molecule has 2 aromatic rings. The van der Waals surface area contributed by atoms with Gasteiger partial charge in [-0.2, -0.15) is 0 Å². The molecule has 2 heterocycles. The Morgan fingerprint density at radius 1 is 1.20 bits per heavy atom. The van der Waals surface area contributed by atoms with Crippen LogP contribution < -0.4 is 5.32 Å². The minimum atomic E-state index is -0.200. The molecule has 2 saturated heterocycles. The van der Waals surface area contributed by atoms with Crippen LogP contribution in [0.1, 0.15) is 36.0 Å². The van der Waals surface area contributed by atoms with Gasteiger partial charge in [-0.3, -0.25) is 9.69 Å². The van der Waals surface area contributed by atoms with Crippen molar-refractivity contribution < 1.29 is 14.3 Å². The number of ether oxygens (including phenoxy) is 2. The van der Waals surface area contributed by atoms with E-state index in [-0.39, 0.29) is 17.6 Å². The largest absolute Gasteiger partial charge is 0.372 e. The summed E-state index contributed by atoms with van der Waals surface area (Å²) < 4.78 is 12.6. The van der Waals surface area contributed by atoms with Crippen LogP contribution in [0.25, 0.3) is 0 Å². The van der Waals surface area contributed by atoms with Crippen molar-refractivity contribution in [2.24, 2.45) is 0 Å². The number of rotatable bonds is 6. The summed E-state index contributed by atoms with van der Waals surface area (Å²) in [5.41, 5.74) is 4.08. The quantitative estimate of drug-likeness (QED) is 0.782. The molecule has 5 heteroatoms. The Morgan fingerprint density at radius 2 is 2.03 bits per heavy atom. The summed E-state index contributed by atoms with van der Waals surface area (Å²) in [7, 11) is 0. The average Bonchev–Trinajstić information content (AvgIpc) is 3.21. The number of hydrogen-bond acceptors (Lipinski definition) is 4. The molecule has 4 rings (SSSR count). The number of anilines is 1. The van der Waals surface area contributed by atoms with Crippen LogP contribution in [0.2, 0.25) is 0 Å². The standard InChI is InChI=1S/C25H32N2O3/c1-19-9-10-20(2)22(15-19)26-24(28)17-27-13-12-25(11-6-14-30-25)23(16-27)29-18-21-7-4-3-5-8-21/h3-5,7-10,15,23H,6,11-14,16-18H2,1-2H3,(H,26,28)/t23-,25-/m0/s1. The number of hydrogen-bond donors (Lipinski definition) is 1. The van der Waals surface area contributed by atoms with Crippen LogP contribution in [-0.4, -0.2) is 48.8 Å². The van der Waals surface area contributed by atoms with E-state index in [1.165, 1.54) is 0 Å². The molecule has 0 bridgehead atoms. The molecule has 160 valence electrons. The van der Waals surface area contributed by atoms with Gasteiger partial charge in [0, 0.05) is 25.4 Å². The predicted octanol–water partition coefficient (Wildman–Crippen LogP) is 4.08. The zero-order valence-corrected chi connectivity index (χ0v) is 18.0. The summed E-state index contributed by atoms with van der Waals surface area (Å²) in [6.07, 6.45) is 3.00. The number of amides is 1. The molecule has 30 heavy (non-hydrogen) atoms. The Hall–Kier alpha value is -2.21. The third kappa shape index (κ3) is 4.91. The third-order valence-electron chi connectivity index (χ3n) is 6.32. The summed E-state index contributed by atoms with van der Waals surface area (Å²) in [5.74, 6) is 0.0220. The summed E-state index contributed by atoms with van der Waals surface area (Å²) in [5, 5.41) is 3.08. The van der Waals surface area contributed by atoms with Crippen LogP contribution >= 0.6 is 0 Å². The monoisotopic (exact) mass is 408 g/mol. The first-order valence-electron chi connectivity index (χ1n) is 10.9.